The smallest absolute Gasteiger partial charge is 0.321 e. The number of piperazine rings is 1. The molecule has 0 radical (unpaired) electrons. The number of halogens is 1. The van der Waals surface area contributed by atoms with Gasteiger partial charge >= 0.3 is 6.03 Å². The number of carbonyl (C=O) groups is 1. The first-order valence-electron chi connectivity index (χ1n) is 11.9. The Morgan fingerprint density at radius 2 is 1.74 bits per heavy atom. The second kappa shape index (κ2) is 12.1. The van der Waals surface area contributed by atoms with Gasteiger partial charge in [-0.2, -0.15) is 0 Å². The summed E-state index contributed by atoms with van der Waals surface area (Å²) in [5, 5.41) is 3.74. The third-order valence-electron chi connectivity index (χ3n) is 6.30. The topological polar surface area (TPSA) is 54.0 Å². The van der Waals surface area contributed by atoms with Gasteiger partial charge in [-0.25, -0.2) is 4.79 Å². The van der Waals surface area contributed by atoms with Crippen molar-refractivity contribution in [3.05, 3.63) is 94.5 Å². The highest BCUT2D eigenvalue weighted by atomic mass is 35.5. The molecule has 1 saturated heterocycles. The summed E-state index contributed by atoms with van der Waals surface area (Å²) in [4.78, 5) is 17.0. The molecule has 0 saturated carbocycles. The number of ether oxygens (including phenoxy) is 2. The molecule has 1 N–H and O–H groups in total. The number of carbonyl (C=O) groups excluding carboxylic acids is 1. The van der Waals surface area contributed by atoms with E-state index in [0.29, 0.717) is 24.7 Å². The molecular formula is C28H32ClN3O3. The molecule has 7 heteroatoms. The normalized spacial score (nSPS) is 15.0. The highest BCUT2D eigenvalue weighted by Gasteiger charge is 2.24. The number of para-hydroxylation sites is 1. The number of hydrogen-bond donors (Lipinski definition) is 1. The van der Waals surface area contributed by atoms with E-state index in [9.17, 15) is 4.79 Å². The molecular weight excluding hydrogens is 462 g/mol. The molecule has 4 rings (SSSR count). The number of benzene rings is 3. The number of amides is 2. The Morgan fingerprint density at radius 1 is 1.00 bits per heavy atom. The number of methoxy groups -OCH3 is 1. The third kappa shape index (κ3) is 6.98. The molecule has 0 bridgehead atoms. The van der Waals surface area contributed by atoms with Crippen LogP contribution in [0.5, 0.6) is 5.75 Å². The number of anilines is 1. The Labute approximate surface area is 212 Å². The molecule has 1 atom stereocenters. The van der Waals surface area contributed by atoms with Gasteiger partial charge in [-0.05, 0) is 53.9 Å². The van der Waals surface area contributed by atoms with Gasteiger partial charge in [-0.15, -0.1) is 0 Å². The van der Waals surface area contributed by atoms with Crippen LogP contribution in [0.1, 0.15) is 22.8 Å². The fraction of sp³-hybridized carbons (Fsp3) is 0.321. The van der Waals surface area contributed by atoms with E-state index >= 15 is 0 Å². The molecule has 1 fully saturated rings. The lowest BCUT2D eigenvalue weighted by Gasteiger charge is -2.36. The summed E-state index contributed by atoms with van der Waals surface area (Å²) in [5.74, 6) is 0.814. The Balaban J connectivity index is 1.36. The highest BCUT2D eigenvalue weighted by molar-refractivity contribution is 6.30. The third-order valence-corrected chi connectivity index (χ3v) is 6.55. The van der Waals surface area contributed by atoms with Crippen molar-refractivity contribution in [1.29, 1.82) is 0 Å². The van der Waals surface area contributed by atoms with E-state index < -0.39 is 0 Å². The largest absolute Gasteiger partial charge is 0.497 e. The fourth-order valence-electron chi connectivity index (χ4n) is 4.17. The zero-order chi connectivity index (χ0) is 24.6. The number of rotatable bonds is 8. The van der Waals surface area contributed by atoms with Gasteiger partial charge in [0, 0.05) is 43.4 Å². The van der Waals surface area contributed by atoms with Crippen LogP contribution in [0.15, 0.2) is 72.8 Å². The second-order valence-electron chi connectivity index (χ2n) is 8.74. The molecule has 1 aliphatic heterocycles. The SMILES string of the molecule is COc1cccc(COC(CN2CCN(C(=O)Nc3ccccc3C)CC2)c2ccc(Cl)cc2)c1. The van der Waals surface area contributed by atoms with E-state index in [4.69, 9.17) is 21.1 Å². The van der Waals surface area contributed by atoms with E-state index in [1.54, 1.807) is 7.11 Å². The molecule has 1 aliphatic rings. The first-order valence-corrected chi connectivity index (χ1v) is 12.2. The average Bonchev–Trinajstić information content (AvgIpc) is 2.89. The zero-order valence-electron chi connectivity index (χ0n) is 20.2. The summed E-state index contributed by atoms with van der Waals surface area (Å²) in [7, 11) is 1.66. The minimum absolute atomic E-state index is 0.0533. The van der Waals surface area contributed by atoms with E-state index in [0.717, 1.165) is 47.8 Å². The van der Waals surface area contributed by atoms with Gasteiger partial charge in [0.2, 0.25) is 0 Å². The van der Waals surface area contributed by atoms with Gasteiger partial charge < -0.3 is 19.7 Å². The quantitative estimate of drug-likeness (QED) is 0.433. The minimum Gasteiger partial charge on any atom is -0.497 e. The predicted octanol–water partition coefficient (Wildman–Crippen LogP) is 5.76. The Bertz CT molecular complexity index is 1110. The Morgan fingerprint density at radius 3 is 2.46 bits per heavy atom. The lowest BCUT2D eigenvalue weighted by molar-refractivity contribution is 0.00588. The molecule has 3 aromatic carbocycles. The first-order chi connectivity index (χ1) is 17.0. The van der Waals surface area contributed by atoms with Crippen molar-refractivity contribution in [1.82, 2.24) is 9.80 Å². The maximum Gasteiger partial charge on any atom is 0.321 e. The second-order valence-corrected chi connectivity index (χ2v) is 9.17. The van der Waals surface area contributed by atoms with Crippen molar-refractivity contribution in [2.75, 3.05) is 45.2 Å². The van der Waals surface area contributed by atoms with Crippen LogP contribution in [-0.2, 0) is 11.3 Å². The molecule has 1 unspecified atom stereocenters. The first kappa shape index (κ1) is 25.0. The molecule has 184 valence electrons. The fourth-order valence-corrected chi connectivity index (χ4v) is 4.29. The van der Waals surface area contributed by atoms with Crippen molar-refractivity contribution in [3.63, 3.8) is 0 Å². The van der Waals surface area contributed by atoms with Crippen LogP contribution in [0.3, 0.4) is 0 Å². The van der Waals surface area contributed by atoms with E-state index in [2.05, 4.69) is 10.2 Å². The summed E-state index contributed by atoms with van der Waals surface area (Å²) in [5.41, 5.74) is 4.05. The van der Waals surface area contributed by atoms with Crippen LogP contribution >= 0.6 is 11.6 Å². The van der Waals surface area contributed by atoms with Crippen molar-refractivity contribution in [2.45, 2.75) is 19.6 Å². The summed E-state index contributed by atoms with van der Waals surface area (Å²) >= 11 is 6.12. The standard InChI is InChI=1S/C28H32ClN3O3/c1-21-6-3-4-9-26(21)30-28(33)32-16-14-31(15-17-32)19-27(23-10-12-24(29)13-11-23)35-20-22-7-5-8-25(18-22)34-2/h3-13,18,27H,14-17,19-20H2,1-2H3,(H,30,33). The summed E-state index contributed by atoms with van der Waals surface area (Å²) in [6.45, 7) is 6.11. The maximum absolute atomic E-state index is 12.8. The maximum atomic E-state index is 12.8. The minimum atomic E-state index is -0.120. The van der Waals surface area contributed by atoms with Crippen molar-refractivity contribution in [3.8, 4) is 5.75 Å². The van der Waals surface area contributed by atoms with Gasteiger partial charge in [0.15, 0.2) is 0 Å². The van der Waals surface area contributed by atoms with Crippen LogP contribution in [0.4, 0.5) is 10.5 Å². The van der Waals surface area contributed by atoms with Crippen molar-refractivity contribution in [2.24, 2.45) is 0 Å². The number of nitrogens with zero attached hydrogens (tertiary/aromatic N) is 2. The lowest BCUT2D eigenvalue weighted by atomic mass is 10.1. The molecule has 6 nitrogen and oxygen atoms in total. The van der Waals surface area contributed by atoms with Crippen LogP contribution in [-0.4, -0.2) is 55.7 Å². The predicted molar refractivity (Wildman–Crippen MR) is 140 cm³/mol. The van der Waals surface area contributed by atoms with Crippen LogP contribution < -0.4 is 10.1 Å². The van der Waals surface area contributed by atoms with Gasteiger partial charge in [0.1, 0.15) is 5.75 Å². The summed E-state index contributed by atoms with van der Waals surface area (Å²) in [6, 6.07) is 23.5. The van der Waals surface area contributed by atoms with Crippen LogP contribution in [0, 0.1) is 6.92 Å². The monoisotopic (exact) mass is 493 g/mol. The molecule has 35 heavy (non-hydrogen) atoms. The highest BCUT2D eigenvalue weighted by Crippen LogP contribution is 2.24. The Hall–Kier alpha value is -3.06. The van der Waals surface area contributed by atoms with Crippen LogP contribution in [0.2, 0.25) is 5.02 Å². The van der Waals surface area contributed by atoms with E-state index in [1.165, 1.54) is 0 Å². The van der Waals surface area contributed by atoms with Gasteiger partial charge in [-0.1, -0.05) is 54.1 Å². The number of urea groups is 1. The molecule has 0 spiro atoms. The lowest BCUT2D eigenvalue weighted by Crippen LogP contribution is -2.50. The molecule has 0 aliphatic carbocycles. The van der Waals surface area contributed by atoms with Crippen molar-refractivity contribution < 1.29 is 14.3 Å². The van der Waals surface area contributed by atoms with Gasteiger partial charge in [0.25, 0.3) is 0 Å². The molecule has 3 aromatic rings. The number of aryl methyl sites for hydroxylation is 1. The molecule has 0 aromatic heterocycles. The zero-order valence-corrected chi connectivity index (χ0v) is 21.0. The Kier molecular flexibility index (Phi) is 8.64. The van der Waals surface area contributed by atoms with Gasteiger partial charge in [0.05, 0.1) is 19.8 Å². The number of nitrogens with one attached hydrogen (secondary N) is 1. The summed E-state index contributed by atoms with van der Waals surface area (Å²) in [6.07, 6.45) is -0.120. The average molecular weight is 494 g/mol. The molecule has 1 heterocycles. The van der Waals surface area contributed by atoms with E-state index in [1.807, 2.05) is 84.6 Å². The van der Waals surface area contributed by atoms with Crippen LogP contribution in [0.25, 0.3) is 0 Å². The van der Waals surface area contributed by atoms with E-state index in [-0.39, 0.29) is 12.1 Å². The van der Waals surface area contributed by atoms with Crippen molar-refractivity contribution >= 4 is 23.3 Å². The summed E-state index contributed by atoms with van der Waals surface area (Å²) < 4.78 is 11.7. The van der Waals surface area contributed by atoms with Gasteiger partial charge in [-0.3, -0.25) is 4.90 Å². The molecule has 2 amide bonds. The number of hydrogen-bond acceptors (Lipinski definition) is 4.